The summed E-state index contributed by atoms with van der Waals surface area (Å²) in [5.74, 6) is -0.398. The van der Waals surface area contributed by atoms with Gasteiger partial charge < -0.3 is 9.47 Å². The van der Waals surface area contributed by atoms with Crippen LogP contribution in [0.3, 0.4) is 0 Å². The number of rotatable bonds is 5. The Morgan fingerprint density at radius 1 is 1.52 bits per heavy atom. The molecule has 1 N–H and O–H groups in total. The van der Waals surface area contributed by atoms with Crippen LogP contribution in [0.4, 0.5) is 0 Å². The molecule has 1 heterocycles. The standard InChI is InChI=1S/C15H19Cl2NO3/c1-15(14(19)20-2,18-9-11-4-3-7-21-11)12-6-5-10(16)8-13(12)17/h5-6,8,11,18H,3-4,7,9H2,1-2H3. The minimum atomic E-state index is -1.04. The molecule has 1 aromatic carbocycles. The van der Waals surface area contributed by atoms with Crippen molar-refractivity contribution in [2.45, 2.75) is 31.4 Å². The van der Waals surface area contributed by atoms with Gasteiger partial charge in [-0.3, -0.25) is 5.32 Å². The molecule has 4 nitrogen and oxygen atoms in total. The molecule has 1 aliphatic heterocycles. The number of benzene rings is 1. The van der Waals surface area contributed by atoms with E-state index in [1.54, 1.807) is 25.1 Å². The number of hydrogen-bond acceptors (Lipinski definition) is 4. The zero-order chi connectivity index (χ0) is 15.5. The van der Waals surface area contributed by atoms with Gasteiger partial charge in [0.2, 0.25) is 0 Å². The predicted molar refractivity (Wildman–Crippen MR) is 82.8 cm³/mol. The lowest BCUT2D eigenvalue weighted by molar-refractivity contribution is -0.148. The minimum Gasteiger partial charge on any atom is -0.467 e. The van der Waals surface area contributed by atoms with E-state index in [1.165, 1.54) is 7.11 Å². The third-order valence-corrected chi connectivity index (χ3v) is 4.32. The van der Waals surface area contributed by atoms with Gasteiger partial charge in [-0.1, -0.05) is 29.3 Å². The molecule has 21 heavy (non-hydrogen) atoms. The molecule has 0 bridgehead atoms. The van der Waals surface area contributed by atoms with Crippen molar-refractivity contribution in [3.05, 3.63) is 33.8 Å². The highest BCUT2D eigenvalue weighted by molar-refractivity contribution is 6.35. The maximum atomic E-state index is 12.3. The third-order valence-electron chi connectivity index (χ3n) is 3.77. The highest BCUT2D eigenvalue weighted by atomic mass is 35.5. The summed E-state index contributed by atoms with van der Waals surface area (Å²) >= 11 is 12.2. The predicted octanol–water partition coefficient (Wildman–Crippen LogP) is 3.15. The zero-order valence-corrected chi connectivity index (χ0v) is 13.6. The second kappa shape index (κ2) is 6.97. The summed E-state index contributed by atoms with van der Waals surface area (Å²) in [5.41, 5.74) is -0.402. The fraction of sp³-hybridized carbons (Fsp3) is 0.533. The molecule has 1 fully saturated rings. The summed E-state index contributed by atoms with van der Waals surface area (Å²) in [4.78, 5) is 12.3. The first kappa shape index (κ1) is 16.6. The van der Waals surface area contributed by atoms with E-state index in [1.807, 2.05) is 0 Å². The van der Waals surface area contributed by atoms with Gasteiger partial charge in [-0.2, -0.15) is 0 Å². The number of hydrogen-bond donors (Lipinski definition) is 1. The van der Waals surface area contributed by atoms with Crippen LogP contribution >= 0.6 is 23.2 Å². The van der Waals surface area contributed by atoms with Crippen molar-refractivity contribution in [3.8, 4) is 0 Å². The van der Waals surface area contributed by atoms with Gasteiger partial charge in [0, 0.05) is 28.8 Å². The Hall–Kier alpha value is -0.810. The monoisotopic (exact) mass is 331 g/mol. The summed E-state index contributed by atoms with van der Waals surface area (Å²) in [6.07, 6.45) is 2.14. The summed E-state index contributed by atoms with van der Waals surface area (Å²) in [5, 5.41) is 4.19. The number of esters is 1. The third kappa shape index (κ3) is 3.69. The maximum absolute atomic E-state index is 12.3. The van der Waals surface area contributed by atoms with E-state index in [0.29, 0.717) is 22.2 Å². The molecule has 0 saturated carbocycles. The molecule has 2 atom stereocenters. The largest absolute Gasteiger partial charge is 0.467 e. The van der Waals surface area contributed by atoms with Crippen LogP contribution in [0.1, 0.15) is 25.3 Å². The van der Waals surface area contributed by atoms with E-state index in [2.05, 4.69) is 5.32 Å². The van der Waals surface area contributed by atoms with Crippen molar-refractivity contribution < 1.29 is 14.3 Å². The lowest BCUT2D eigenvalue weighted by atomic mass is 9.91. The van der Waals surface area contributed by atoms with Gasteiger partial charge in [0.25, 0.3) is 0 Å². The van der Waals surface area contributed by atoms with Crippen LogP contribution in [0.15, 0.2) is 18.2 Å². The Bertz CT molecular complexity index is 518. The summed E-state index contributed by atoms with van der Waals surface area (Å²) in [6.45, 7) is 3.08. The average Bonchev–Trinajstić information content (AvgIpc) is 2.97. The smallest absolute Gasteiger partial charge is 0.330 e. The summed E-state index contributed by atoms with van der Waals surface area (Å²) in [7, 11) is 1.36. The van der Waals surface area contributed by atoms with E-state index in [9.17, 15) is 4.79 Å². The van der Waals surface area contributed by atoms with Crippen molar-refractivity contribution >= 4 is 29.2 Å². The van der Waals surface area contributed by atoms with E-state index in [-0.39, 0.29) is 6.10 Å². The zero-order valence-electron chi connectivity index (χ0n) is 12.1. The van der Waals surface area contributed by atoms with Crippen LogP contribution in [0.2, 0.25) is 10.0 Å². The quantitative estimate of drug-likeness (QED) is 0.842. The molecule has 6 heteroatoms. The van der Waals surface area contributed by atoms with Gasteiger partial charge in [0.1, 0.15) is 5.54 Å². The summed E-state index contributed by atoms with van der Waals surface area (Å²) < 4.78 is 10.5. The molecule has 0 spiro atoms. The van der Waals surface area contributed by atoms with Gasteiger partial charge in [0.15, 0.2) is 0 Å². The Balaban J connectivity index is 2.24. The Morgan fingerprint density at radius 3 is 2.86 bits per heavy atom. The van der Waals surface area contributed by atoms with E-state index in [0.717, 1.165) is 19.4 Å². The van der Waals surface area contributed by atoms with Crippen molar-refractivity contribution in [1.82, 2.24) is 5.32 Å². The molecule has 0 aliphatic carbocycles. The van der Waals surface area contributed by atoms with E-state index in [4.69, 9.17) is 32.7 Å². The number of nitrogens with one attached hydrogen (secondary N) is 1. The average molecular weight is 332 g/mol. The maximum Gasteiger partial charge on any atom is 0.330 e. The number of carbonyl (C=O) groups is 1. The van der Waals surface area contributed by atoms with Gasteiger partial charge in [-0.05, 0) is 31.9 Å². The second-order valence-corrected chi connectivity index (χ2v) is 6.10. The van der Waals surface area contributed by atoms with Gasteiger partial charge >= 0.3 is 5.97 Å². The first-order chi connectivity index (χ1) is 9.97. The molecule has 2 rings (SSSR count). The number of carbonyl (C=O) groups excluding carboxylic acids is 1. The van der Waals surface area contributed by atoms with Gasteiger partial charge in [-0.25, -0.2) is 4.79 Å². The first-order valence-corrected chi connectivity index (χ1v) is 7.63. The first-order valence-electron chi connectivity index (χ1n) is 6.88. The molecule has 1 saturated heterocycles. The molecule has 0 aromatic heterocycles. The number of halogens is 2. The van der Waals surface area contributed by atoms with Crippen LogP contribution in [-0.2, 0) is 19.8 Å². The van der Waals surface area contributed by atoms with Crippen molar-refractivity contribution in [2.24, 2.45) is 0 Å². The molecule has 2 unspecified atom stereocenters. The molecule has 1 aromatic rings. The normalized spacial score (nSPS) is 21.0. The minimum absolute atomic E-state index is 0.111. The van der Waals surface area contributed by atoms with Gasteiger partial charge in [0.05, 0.1) is 13.2 Å². The number of methoxy groups -OCH3 is 1. The highest BCUT2D eigenvalue weighted by Crippen LogP contribution is 2.31. The van der Waals surface area contributed by atoms with Crippen LogP contribution in [0.25, 0.3) is 0 Å². The molecule has 0 amide bonds. The Kier molecular flexibility index (Phi) is 5.49. The second-order valence-electron chi connectivity index (χ2n) is 5.26. The summed E-state index contributed by atoms with van der Waals surface area (Å²) in [6, 6.07) is 5.06. The van der Waals surface area contributed by atoms with Crippen LogP contribution in [0.5, 0.6) is 0 Å². The molecular weight excluding hydrogens is 313 g/mol. The Labute approximate surface area is 134 Å². The van der Waals surface area contributed by atoms with E-state index < -0.39 is 11.5 Å². The molecular formula is C15H19Cl2NO3. The van der Waals surface area contributed by atoms with Gasteiger partial charge in [-0.15, -0.1) is 0 Å². The van der Waals surface area contributed by atoms with Crippen molar-refractivity contribution in [2.75, 3.05) is 20.3 Å². The van der Waals surface area contributed by atoms with Crippen molar-refractivity contribution in [3.63, 3.8) is 0 Å². The highest BCUT2D eigenvalue weighted by Gasteiger charge is 2.38. The topological polar surface area (TPSA) is 47.6 Å². The number of ether oxygens (including phenoxy) is 2. The fourth-order valence-electron chi connectivity index (χ4n) is 2.50. The van der Waals surface area contributed by atoms with Crippen LogP contribution < -0.4 is 5.32 Å². The SMILES string of the molecule is COC(=O)C(C)(NCC1CCCO1)c1ccc(Cl)cc1Cl. The fourth-order valence-corrected chi connectivity index (χ4v) is 3.10. The van der Waals surface area contributed by atoms with Crippen LogP contribution in [-0.4, -0.2) is 32.3 Å². The molecule has 0 radical (unpaired) electrons. The Morgan fingerprint density at radius 2 is 2.29 bits per heavy atom. The lowest BCUT2D eigenvalue weighted by Gasteiger charge is -2.30. The molecule has 1 aliphatic rings. The molecule has 116 valence electrons. The lowest BCUT2D eigenvalue weighted by Crippen LogP contribution is -2.50. The van der Waals surface area contributed by atoms with Crippen LogP contribution in [0, 0.1) is 0 Å². The van der Waals surface area contributed by atoms with Crippen molar-refractivity contribution in [1.29, 1.82) is 0 Å². The van der Waals surface area contributed by atoms with E-state index >= 15 is 0 Å².